The molecule has 2 N–H and O–H groups in total. The minimum atomic E-state index is -0.372. The summed E-state index contributed by atoms with van der Waals surface area (Å²) in [6.45, 7) is 1.90. The molecule has 0 bridgehead atoms. The summed E-state index contributed by atoms with van der Waals surface area (Å²) in [5, 5.41) is 5.64. The third-order valence-corrected chi connectivity index (χ3v) is 3.30. The predicted octanol–water partition coefficient (Wildman–Crippen LogP) is 2.67. The lowest BCUT2D eigenvalue weighted by molar-refractivity contribution is -0.115. The summed E-state index contributed by atoms with van der Waals surface area (Å²) in [6, 6.07) is 10.6. The van der Waals surface area contributed by atoms with Crippen molar-refractivity contribution < 1.29 is 9.59 Å². The molecule has 2 amide bonds. The van der Waals surface area contributed by atoms with Crippen LogP contribution in [0.1, 0.15) is 22.8 Å². The van der Waals surface area contributed by atoms with Gasteiger partial charge in [0, 0.05) is 11.9 Å². The highest BCUT2D eigenvalue weighted by Crippen LogP contribution is 2.15. The van der Waals surface area contributed by atoms with Crippen LogP contribution in [-0.4, -0.2) is 23.3 Å². The van der Waals surface area contributed by atoms with E-state index in [1.165, 1.54) is 12.3 Å². The van der Waals surface area contributed by atoms with Gasteiger partial charge in [0.15, 0.2) is 0 Å². The molecule has 0 fully saturated rings. The molecule has 0 saturated carbocycles. The van der Waals surface area contributed by atoms with Crippen molar-refractivity contribution in [1.82, 2.24) is 10.3 Å². The van der Waals surface area contributed by atoms with Gasteiger partial charge in [0.1, 0.15) is 5.15 Å². The van der Waals surface area contributed by atoms with Crippen LogP contribution in [-0.2, 0) is 11.2 Å². The Morgan fingerprint density at radius 1 is 1.18 bits per heavy atom. The van der Waals surface area contributed by atoms with Crippen molar-refractivity contribution in [2.75, 3.05) is 11.9 Å². The molecule has 0 saturated heterocycles. The number of halogens is 1. The van der Waals surface area contributed by atoms with Crippen molar-refractivity contribution >= 4 is 29.1 Å². The monoisotopic (exact) mass is 317 g/mol. The Labute approximate surface area is 133 Å². The lowest BCUT2D eigenvalue weighted by Gasteiger charge is -2.10. The van der Waals surface area contributed by atoms with Crippen LogP contribution in [0.2, 0.25) is 5.15 Å². The minimum absolute atomic E-state index is 0.112. The second-order valence-electron chi connectivity index (χ2n) is 4.61. The summed E-state index contributed by atoms with van der Waals surface area (Å²) < 4.78 is 0. The molecule has 1 aromatic carbocycles. The molecule has 0 aliphatic carbocycles. The van der Waals surface area contributed by atoms with Gasteiger partial charge in [0.25, 0.3) is 5.91 Å². The Morgan fingerprint density at radius 2 is 1.95 bits per heavy atom. The first-order valence-corrected chi connectivity index (χ1v) is 7.25. The quantitative estimate of drug-likeness (QED) is 0.833. The predicted molar refractivity (Wildman–Crippen MR) is 86.0 cm³/mol. The van der Waals surface area contributed by atoms with Gasteiger partial charge in [-0.3, -0.25) is 9.59 Å². The number of carbonyl (C=O) groups excluding carboxylic acids is 2. The van der Waals surface area contributed by atoms with Gasteiger partial charge in [-0.25, -0.2) is 4.98 Å². The van der Waals surface area contributed by atoms with Crippen LogP contribution in [0.5, 0.6) is 0 Å². The number of carbonyl (C=O) groups is 2. The number of hydrogen-bond acceptors (Lipinski definition) is 3. The number of hydrogen-bond donors (Lipinski definition) is 2. The molecule has 2 rings (SSSR count). The van der Waals surface area contributed by atoms with Gasteiger partial charge in [0.05, 0.1) is 12.1 Å². The maximum Gasteiger partial charge on any atom is 0.253 e. The summed E-state index contributed by atoms with van der Waals surface area (Å²) in [7, 11) is 0. The normalized spacial score (nSPS) is 10.1. The van der Waals surface area contributed by atoms with Crippen molar-refractivity contribution in [2.45, 2.75) is 13.3 Å². The molecular weight excluding hydrogens is 302 g/mol. The summed E-state index contributed by atoms with van der Waals surface area (Å²) in [6.07, 6.45) is 2.18. The third-order valence-electron chi connectivity index (χ3n) is 3.07. The van der Waals surface area contributed by atoms with E-state index in [-0.39, 0.29) is 18.4 Å². The highest BCUT2D eigenvalue weighted by atomic mass is 35.5. The summed E-state index contributed by atoms with van der Waals surface area (Å²) in [5.41, 5.74) is 2.16. The average molecular weight is 318 g/mol. The van der Waals surface area contributed by atoms with Crippen LogP contribution >= 0.6 is 11.6 Å². The van der Waals surface area contributed by atoms with Crippen molar-refractivity contribution in [2.24, 2.45) is 0 Å². The van der Waals surface area contributed by atoms with Gasteiger partial charge in [-0.15, -0.1) is 0 Å². The van der Waals surface area contributed by atoms with E-state index in [4.69, 9.17) is 11.6 Å². The second-order valence-corrected chi connectivity index (χ2v) is 5.00. The summed E-state index contributed by atoms with van der Waals surface area (Å²) in [4.78, 5) is 27.6. The molecule has 0 aliphatic heterocycles. The van der Waals surface area contributed by atoms with Crippen LogP contribution in [0.4, 0.5) is 5.69 Å². The number of aryl methyl sites for hydroxylation is 1. The number of pyridine rings is 1. The smallest absolute Gasteiger partial charge is 0.253 e. The molecule has 0 aliphatic rings. The minimum Gasteiger partial charge on any atom is -0.343 e. The van der Waals surface area contributed by atoms with E-state index in [1.54, 1.807) is 6.07 Å². The topological polar surface area (TPSA) is 71.1 Å². The molecule has 22 heavy (non-hydrogen) atoms. The zero-order valence-corrected chi connectivity index (χ0v) is 12.9. The largest absolute Gasteiger partial charge is 0.343 e. The Bertz CT molecular complexity index is 671. The number of nitrogens with zero attached hydrogens (tertiary/aromatic N) is 1. The van der Waals surface area contributed by atoms with Crippen LogP contribution in [0, 0.1) is 0 Å². The number of para-hydroxylation sites is 1. The van der Waals surface area contributed by atoms with E-state index in [1.807, 2.05) is 31.2 Å². The Balaban J connectivity index is 1.90. The van der Waals surface area contributed by atoms with E-state index in [2.05, 4.69) is 15.6 Å². The first-order chi connectivity index (χ1) is 10.6. The zero-order valence-electron chi connectivity index (χ0n) is 12.1. The van der Waals surface area contributed by atoms with E-state index in [9.17, 15) is 9.59 Å². The van der Waals surface area contributed by atoms with Gasteiger partial charge in [-0.1, -0.05) is 36.7 Å². The molecule has 0 radical (unpaired) electrons. The van der Waals surface area contributed by atoms with Gasteiger partial charge >= 0.3 is 0 Å². The molecule has 0 unspecified atom stereocenters. The fourth-order valence-corrected chi connectivity index (χ4v) is 2.03. The van der Waals surface area contributed by atoms with Crippen LogP contribution in [0.3, 0.4) is 0 Å². The first-order valence-electron chi connectivity index (χ1n) is 6.87. The lowest BCUT2D eigenvalue weighted by atomic mass is 10.1. The molecule has 5 nitrogen and oxygen atoms in total. The number of aromatic nitrogens is 1. The number of amides is 2. The molecular formula is C16H16ClN3O2. The van der Waals surface area contributed by atoms with Gasteiger partial charge in [0.2, 0.25) is 5.91 Å². The van der Waals surface area contributed by atoms with Crippen LogP contribution in [0.25, 0.3) is 0 Å². The van der Waals surface area contributed by atoms with Crippen molar-refractivity contribution in [3.63, 3.8) is 0 Å². The molecule has 6 heteroatoms. The maximum atomic E-state index is 11.9. The molecule has 0 spiro atoms. The van der Waals surface area contributed by atoms with Gasteiger partial charge in [-0.05, 0) is 30.2 Å². The Kier molecular flexibility index (Phi) is 5.49. The molecule has 0 atom stereocenters. The van der Waals surface area contributed by atoms with Gasteiger partial charge in [-0.2, -0.15) is 0 Å². The number of anilines is 1. The third kappa shape index (κ3) is 4.30. The fraction of sp³-hybridized carbons (Fsp3) is 0.188. The van der Waals surface area contributed by atoms with Crippen LogP contribution in [0.15, 0.2) is 42.6 Å². The molecule has 1 heterocycles. The van der Waals surface area contributed by atoms with E-state index in [0.717, 1.165) is 17.7 Å². The first kappa shape index (κ1) is 16.0. The number of benzene rings is 1. The maximum absolute atomic E-state index is 11.9. The SMILES string of the molecule is CCc1ccccc1NC(=O)CNC(=O)c1ccc(Cl)nc1. The molecule has 2 aromatic rings. The molecule has 1 aromatic heterocycles. The summed E-state index contributed by atoms with van der Waals surface area (Å²) >= 11 is 5.66. The number of rotatable bonds is 5. The number of nitrogens with one attached hydrogen (secondary N) is 2. The standard InChI is InChI=1S/C16H16ClN3O2/c1-2-11-5-3-4-6-13(11)20-15(21)10-19-16(22)12-7-8-14(17)18-9-12/h3-9H,2,10H2,1H3,(H,19,22)(H,20,21). The van der Waals surface area contributed by atoms with Crippen LogP contribution < -0.4 is 10.6 Å². The van der Waals surface area contributed by atoms with E-state index in [0.29, 0.717) is 10.7 Å². The fourth-order valence-electron chi connectivity index (χ4n) is 1.92. The van der Waals surface area contributed by atoms with E-state index < -0.39 is 0 Å². The van der Waals surface area contributed by atoms with Gasteiger partial charge < -0.3 is 10.6 Å². The van der Waals surface area contributed by atoms with Crippen molar-refractivity contribution in [3.05, 3.63) is 58.9 Å². The van der Waals surface area contributed by atoms with Crippen molar-refractivity contribution in [3.8, 4) is 0 Å². The van der Waals surface area contributed by atoms with Crippen molar-refractivity contribution in [1.29, 1.82) is 0 Å². The highest BCUT2D eigenvalue weighted by molar-refractivity contribution is 6.29. The average Bonchev–Trinajstić information content (AvgIpc) is 2.54. The summed E-state index contributed by atoms with van der Waals surface area (Å²) in [5.74, 6) is -0.653. The van der Waals surface area contributed by atoms with E-state index >= 15 is 0 Å². The Morgan fingerprint density at radius 3 is 2.64 bits per heavy atom. The highest BCUT2D eigenvalue weighted by Gasteiger charge is 2.09. The second kappa shape index (κ2) is 7.56. The zero-order chi connectivity index (χ0) is 15.9. The molecule has 114 valence electrons. The lowest BCUT2D eigenvalue weighted by Crippen LogP contribution is -2.33. The Hall–Kier alpha value is -2.40.